The fourth-order valence-electron chi connectivity index (χ4n) is 4.59. The minimum Gasteiger partial charge on any atom is -0.385 e. The van der Waals surface area contributed by atoms with Gasteiger partial charge in [0.15, 0.2) is 9.84 Å². The molecule has 9 heteroatoms. The first-order chi connectivity index (χ1) is 15.5. The Morgan fingerprint density at radius 3 is 1.67 bits per heavy atom. The molecule has 3 aromatic carbocycles. The topological polar surface area (TPSA) is 57.6 Å². The van der Waals surface area contributed by atoms with Gasteiger partial charge >= 0.3 is 0 Å². The zero-order valence-electron chi connectivity index (χ0n) is 17.6. The molecule has 0 aliphatic carbocycles. The second-order valence-electron chi connectivity index (χ2n) is 8.43. The van der Waals surface area contributed by atoms with Gasteiger partial charge in [-0.25, -0.2) is 17.2 Å². The summed E-state index contributed by atoms with van der Waals surface area (Å²) in [6, 6.07) is 16.7. The number of likely N-dealkylation sites (tertiary alicyclic amines) is 1. The van der Waals surface area contributed by atoms with E-state index in [1.54, 1.807) is 24.3 Å². The van der Waals surface area contributed by atoms with Gasteiger partial charge in [-0.1, -0.05) is 47.5 Å². The van der Waals surface area contributed by atoms with Crippen LogP contribution in [-0.2, 0) is 9.84 Å². The normalized spacial score (nSPS) is 17.1. The smallest absolute Gasteiger partial charge is 0.157 e. The summed E-state index contributed by atoms with van der Waals surface area (Å²) < 4.78 is 53.0. The first-order valence-electron chi connectivity index (χ1n) is 10.1. The number of rotatable bonds is 6. The zero-order valence-corrected chi connectivity index (χ0v) is 19.9. The van der Waals surface area contributed by atoms with Crippen LogP contribution in [0.15, 0.2) is 66.7 Å². The molecule has 0 aromatic heterocycles. The molecule has 1 heterocycles. The molecular formula is C24H21Cl2F2NO3S. The molecule has 0 amide bonds. The Balaban J connectivity index is 1.70. The number of hydrogen-bond acceptors (Lipinski definition) is 4. The summed E-state index contributed by atoms with van der Waals surface area (Å²) in [5.74, 6) is -1.81. The van der Waals surface area contributed by atoms with Crippen molar-refractivity contribution >= 4 is 33.0 Å². The Hall–Kier alpha value is -2.03. The largest absolute Gasteiger partial charge is 0.385 e. The molecule has 1 N–H and O–H groups in total. The van der Waals surface area contributed by atoms with E-state index in [1.807, 2.05) is 29.2 Å². The van der Waals surface area contributed by atoms with E-state index in [0.717, 1.165) is 29.5 Å². The summed E-state index contributed by atoms with van der Waals surface area (Å²) in [6.07, 6.45) is 0.955. The maximum atomic E-state index is 13.9. The van der Waals surface area contributed by atoms with Gasteiger partial charge in [0.1, 0.15) is 22.5 Å². The maximum Gasteiger partial charge on any atom is 0.157 e. The van der Waals surface area contributed by atoms with Crippen molar-refractivity contribution in [3.63, 3.8) is 0 Å². The number of aliphatic hydroxyl groups is 1. The molecule has 4 rings (SSSR count). The molecule has 1 fully saturated rings. The monoisotopic (exact) mass is 511 g/mol. The lowest BCUT2D eigenvalue weighted by Gasteiger charge is -2.53. The van der Waals surface area contributed by atoms with Crippen LogP contribution < -0.4 is 0 Å². The van der Waals surface area contributed by atoms with Gasteiger partial charge in [0.25, 0.3) is 0 Å². The lowest BCUT2D eigenvalue weighted by atomic mass is 9.82. The van der Waals surface area contributed by atoms with E-state index in [4.69, 9.17) is 23.2 Å². The molecule has 1 aliphatic rings. The molecule has 1 aliphatic heterocycles. The zero-order chi connectivity index (χ0) is 24.0. The molecular weight excluding hydrogens is 491 g/mol. The summed E-state index contributed by atoms with van der Waals surface area (Å²) in [5.41, 5.74) is -0.0788. The van der Waals surface area contributed by atoms with Crippen LogP contribution in [0.25, 0.3) is 0 Å². The highest BCUT2D eigenvalue weighted by molar-refractivity contribution is 7.91. The van der Waals surface area contributed by atoms with Crippen molar-refractivity contribution in [3.8, 4) is 0 Å². The Kier molecular flexibility index (Phi) is 6.55. The molecule has 4 nitrogen and oxygen atoms in total. The third kappa shape index (κ3) is 5.08. The Morgan fingerprint density at radius 2 is 1.27 bits per heavy atom. The maximum absolute atomic E-state index is 13.9. The number of halogens is 4. The number of nitrogens with zero attached hydrogens (tertiary/aromatic N) is 1. The van der Waals surface area contributed by atoms with Crippen molar-refractivity contribution in [2.24, 2.45) is 0 Å². The molecule has 0 spiro atoms. The van der Waals surface area contributed by atoms with Crippen LogP contribution in [0.4, 0.5) is 8.78 Å². The minimum absolute atomic E-state index is 0.0290. The number of β-amino-alcohol motifs (C(OH)–C–C–N with tert-alkyl or cyclic N) is 1. The van der Waals surface area contributed by atoms with Crippen molar-refractivity contribution in [3.05, 3.63) is 105 Å². The fraction of sp³-hybridized carbons (Fsp3) is 0.250. The van der Waals surface area contributed by atoms with Crippen LogP contribution in [0.3, 0.4) is 0 Å². The molecule has 0 bridgehead atoms. The second kappa shape index (κ2) is 8.96. The fourth-order valence-corrected chi connectivity index (χ4v) is 6.42. The number of hydrogen-bond donors (Lipinski definition) is 1. The van der Waals surface area contributed by atoms with Gasteiger partial charge < -0.3 is 5.11 Å². The van der Waals surface area contributed by atoms with E-state index in [9.17, 15) is 22.3 Å². The average Bonchev–Trinajstić information content (AvgIpc) is 2.68. The van der Waals surface area contributed by atoms with E-state index in [-0.39, 0.29) is 24.7 Å². The first-order valence-corrected chi connectivity index (χ1v) is 12.8. The standard InChI is InChI=1S/C24H21Cl2F2NO3S/c1-33(31,32)23(17-10-20(27)12-21(28)11-17)24(30)13-29(14-24)22(15-2-6-18(25)7-3-15)16-4-8-19(26)9-5-16/h2-12,22-23,30H,13-14H2,1H3. The third-order valence-electron chi connectivity index (χ3n) is 5.79. The lowest BCUT2D eigenvalue weighted by molar-refractivity contribution is -0.112. The van der Waals surface area contributed by atoms with Crippen LogP contribution in [0.2, 0.25) is 10.0 Å². The van der Waals surface area contributed by atoms with Gasteiger partial charge in [-0.3, -0.25) is 4.90 Å². The highest BCUT2D eigenvalue weighted by atomic mass is 35.5. The van der Waals surface area contributed by atoms with E-state index in [0.29, 0.717) is 16.1 Å². The summed E-state index contributed by atoms with van der Waals surface area (Å²) >= 11 is 12.1. The molecule has 1 unspecified atom stereocenters. The summed E-state index contributed by atoms with van der Waals surface area (Å²) in [7, 11) is -3.90. The van der Waals surface area contributed by atoms with Gasteiger partial charge in [0.2, 0.25) is 0 Å². The average molecular weight is 512 g/mol. The molecule has 3 aromatic rings. The van der Waals surface area contributed by atoms with Crippen LogP contribution >= 0.6 is 23.2 Å². The van der Waals surface area contributed by atoms with E-state index in [1.165, 1.54) is 0 Å². The summed E-state index contributed by atoms with van der Waals surface area (Å²) in [4.78, 5) is 1.90. The van der Waals surface area contributed by atoms with Crippen LogP contribution in [0, 0.1) is 11.6 Å². The van der Waals surface area contributed by atoms with Crippen LogP contribution in [0.5, 0.6) is 0 Å². The van der Waals surface area contributed by atoms with Gasteiger partial charge in [0, 0.05) is 35.5 Å². The van der Waals surface area contributed by atoms with E-state index >= 15 is 0 Å². The summed E-state index contributed by atoms with van der Waals surface area (Å²) in [6.45, 7) is -0.0580. The minimum atomic E-state index is -3.90. The van der Waals surface area contributed by atoms with Crippen LogP contribution in [0.1, 0.15) is 28.0 Å². The van der Waals surface area contributed by atoms with Gasteiger partial charge in [-0.15, -0.1) is 0 Å². The van der Waals surface area contributed by atoms with Gasteiger partial charge in [-0.2, -0.15) is 0 Å². The Labute approximate surface area is 201 Å². The molecule has 1 saturated heterocycles. The van der Waals surface area contributed by atoms with Crippen molar-refractivity contribution in [2.75, 3.05) is 19.3 Å². The Morgan fingerprint density at radius 1 is 0.848 bits per heavy atom. The van der Waals surface area contributed by atoms with Crippen molar-refractivity contribution in [2.45, 2.75) is 16.9 Å². The van der Waals surface area contributed by atoms with Crippen molar-refractivity contribution in [1.82, 2.24) is 4.90 Å². The molecule has 0 saturated carbocycles. The van der Waals surface area contributed by atoms with E-state index in [2.05, 4.69) is 0 Å². The van der Waals surface area contributed by atoms with E-state index < -0.39 is 32.3 Å². The Bertz CT molecular complexity index is 1200. The number of benzene rings is 3. The van der Waals surface area contributed by atoms with Gasteiger partial charge in [-0.05, 0) is 53.1 Å². The molecule has 1 atom stereocenters. The van der Waals surface area contributed by atoms with Gasteiger partial charge in [0.05, 0.1) is 6.04 Å². The third-order valence-corrected chi connectivity index (χ3v) is 7.87. The van der Waals surface area contributed by atoms with Crippen molar-refractivity contribution in [1.29, 1.82) is 0 Å². The first kappa shape index (κ1) is 24.1. The second-order valence-corrected chi connectivity index (χ2v) is 11.4. The van der Waals surface area contributed by atoms with Crippen LogP contribution in [-0.4, -0.2) is 43.4 Å². The number of sulfone groups is 1. The SMILES string of the molecule is CS(=O)(=O)C(c1cc(F)cc(F)c1)C1(O)CN(C(c2ccc(Cl)cc2)c2ccc(Cl)cc2)C1. The highest BCUT2D eigenvalue weighted by Crippen LogP contribution is 2.45. The predicted octanol–water partition coefficient (Wildman–Crippen LogP) is 5.19. The van der Waals surface area contributed by atoms with Crippen molar-refractivity contribution < 1.29 is 22.3 Å². The quantitative estimate of drug-likeness (QED) is 0.494. The lowest BCUT2D eigenvalue weighted by Crippen LogP contribution is -2.66. The molecule has 33 heavy (non-hydrogen) atoms. The molecule has 174 valence electrons. The molecule has 0 radical (unpaired) electrons. The summed E-state index contributed by atoms with van der Waals surface area (Å²) in [5, 5.41) is 11.0. The highest BCUT2D eigenvalue weighted by Gasteiger charge is 2.54. The predicted molar refractivity (Wildman–Crippen MR) is 125 cm³/mol.